The normalized spacial score (nSPS) is 9.80. The second kappa shape index (κ2) is 4.73. The number of aryl methyl sites for hydroxylation is 1. The molecule has 0 N–H and O–H groups in total. The largest absolute Gasteiger partial charge is 0.496 e. The second-order valence-corrected chi connectivity index (χ2v) is 3.31. The lowest BCUT2D eigenvalue weighted by atomic mass is 10.0. The summed E-state index contributed by atoms with van der Waals surface area (Å²) in [7, 11) is 1.48. The topological polar surface area (TPSA) is 43.4 Å². The van der Waals surface area contributed by atoms with Gasteiger partial charge < -0.3 is 4.74 Å². The minimum Gasteiger partial charge on any atom is -0.496 e. The molecule has 0 heterocycles. The average Bonchev–Trinajstić information content (AvgIpc) is 2.27. The predicted octanol–water partition coefficient (Wildman–Crippen LogP) is 2.17. The lowest BCUT2D eigenvalue weighted by molar-refractivity contribution is -0.114. The molecule has 0 atom stereocenters. The fourth-order valence-electron chi connectivity index (χ4n) is 1.31. The van der Waals surface area contributed by atoms with Gasteiger partial charge in [-0.25, -0.2) is 0 Å². The van der Waals surface area contributed by atoms with Gasteiger partial charge in [0.1, 0.15) is 5.75 Å². The molecule has 0 aliphatic rings. The Balaban J connectivity index is 3.17. The molecular weight excluding hydrogens is 192 g/mol. The predicted molar refractivity (Wildman–Crippen MR) is 57.4 cm³/mol. The van der Waals surface area contributed by atoms with Crippen molar-refractivity contribution >= 4 is 11.6 Å². The van der Waals surface area contributed by atoms with Gasteiger partial charge in [-0.2, -0.15) is 0 Å². The van der Waals surface area contributed by atoms with Crippen LogP contribution in [0.5, 0.6) is 5.75 Å². The number of Topliss-reactive ketones (excluding diaryl/α,β-unsaturated/α-hetero) is 2. The van der Waals surface area contributed by atoms with Crippen LogP contribution in [0.4, 0.5) is 0 Å². The van der Waals surface area contributed by atoms with Gasteiger partial charge in [0.2, 0.25) is 11.6 Å². The lowest BCUT2D eigenvalue weighted by Gasteiger charge is -2.07. The summed E-state index contributed by atoms with van der Waals surface area (Å²) in [6, 6.07) is 5.21. The number of carbonyl (C=O) groups is 2. The van der Waals surface area contributed by atoms with Gasteiger partial charge in [-0.05, 0) is 19.1 Å². The van der Waals surface area contributed by atoms with Crippen LogP contribution >= 0.6 is 0 Å². The Kier molecular flexibility index (Phi) is 3.61. The van der Waals surface area contributed by atoms with Gasteiger partial charge >= 0.3 is 0 Å². The van der Waals surface area contributed by atoms with E-state index in [1.165, 1.54) is 7.11 Å². The van der Waals surface area contributed by atoms with Gasteiger partial charge in [-0.1, -0.05) is 18.6 Å². The van der Waals surface area contributed by atoms with Crippen LogP contribution in [-0.4, -0.2) is 18.7 Å². The van der Waals surface area contributed by atoms with Crippen molar-refractivity contribution in [1.29, 1.82) is 0 Å². The summed E-state index contributed by atoms with van der Waals surface area (Å²) in [6.45, 7) is 3.54. The summed E-state index contributed by atoms with van der Waals surface area (Å²) in [6.07, 6.45) is 0.218. The molecule has 0 bridgehead atoms. The molecule has 0 saturated carbocycles. The van der Waals surface area contributed by atoms with Crippen LogP contribution in [0.1, 0.15) is 29.3 Å². The molecule has 0 aliphatic carbocycles. The molecule has 0 radical (unpaired) electrons. The molecule has 0 saturated heterocycles. The third kappa shape index (κ3) is 2.43. The van der Waals surface area contributed by atoms with Gasteiger partial charge in [0.15, 0.2) is 0 Å². The fraction of sp³-hybridized carbons (Fsp3) is 0.333. The van der Waals surface area contributed by atoms with Crippen molar-refractivity contribution < 1.29 is 14.3 Å². The molecule has 0 unspecified atom stereocenters. The highest BCUT2D eigenvalue weighted by Crippen LogP contribution is 2.20. The van der Waals surface area contributed by atoms with E-state index in [9.17, 15) is 9.59 Å². The Morgan fingerprint density at radius 1 is 1.33 bits per heavy atom. The molecular formula is C12H14O3. The summed E-state index contributed by atoms with van der Waals surface area (Å²) in [4.78, 5) is 23.0. The van der Waals surface area contributed by atoms with Gasteiger partial charge in [0.05, 0.1) is 12.7 Å². The van der Waals surface area contributed by atoms with Crippen LogP contribution in [0.15, 0.2) is 18.2 Å². The van der Waals surface area contributed by atoms with E-state index in [-0.39, 0.29) is 12.2 Å². The minimum atomic E-state index is -0.474. The summed E-state index contributed by atoms with van der Waals surface area (Å²) in [5, 5.41) is 0. The van der Waals surface area contributed by atoms with Gasteiger partial charge in [0, 0.05) is 6.42 Å². The van der Waals surface area contributed by atoms with E-state index >= 15 is 0 Å². The van der Waals surface area contributed by atoms with Gasteiger partial charge in [0.25, 0.3) is 0 Å². The van der Waals surface area contributed by atoms with E-state index in [0.29, 0.717) is 11.3 Å². The third-order valence-corrected chi connectivity index (χ3v) is 2.17. The monoisotopic (exact) mass is 206 g/mol. The van der Waals surface area contributed by atoms with Gasteiger partial charge in [-0.3, -0.25) is 9.59 Å². The smallest absolute Gasteiger partial charge is 0.232 e. The standard InChI is InChI=1S/C12H14O3/c1-4-10(13)12(14)9-7-8(2)5-6-11(9)15-3/h5-7H,4H2,1-3H3. The first-order chi connectivity index (χ1) is 7.10. The van der Waals surface area contributed by atoms with Crippen LogP contribution in [0.2, 0.25) is 0 Å². The summed E-state index contributed by atoms with van der Waals surface area (Å²) in [5.41, 5.74) is 1.28. The summed E-state index contributed by atoms with van der Waals surface area (Å²) < 4.78 is 5.04. The maximum absolute atomic E-state index is 11.7. The number of benzene rings is 1. The number of hydrogen-bond donors (Lipinski definition) is 0. The molecule has 0 aliphatic heterocycles. The first kappa shape index (κ1) is 11.4. The SMILES string of the molecule is CCC(=O)C(=O)c1cc(C)ccc1OC. The number of carbonyl (C=O) groups excluding carboxylic acids is 2. The van der Waals surface area contributed by atoms with Crippen molar-refractivity contribution in [2.75, 3.05) is 7.11 Å². The Morgan fingerprint density at radius 2 is 2.00 bits per heavy atom. The van der Waals surface area contributed by atoms with Crippen molar-refractivity contribution in [3.05, 3.63) is 29.3 Å². The van der Waals surface area contributed by atoms with E-state index in [1.807, 2.05) is 13.0 Å². The van der Waals surface area contributed by atoms with Crippen LogP contribution in [0, 0.1) is 6.92 Å². The number of ketones is 2. The van der Waals surface area contributed by atoms with Crippen LogP contribution in [0.25, 0.3) is 0 Å². The Labute approximate surface area is 89.1 Å². The lowest BCUT2D eigenvalue weighted by Crippen LogP contribution is -2.14. The zero-order valence-electron chi connectivity index (χ0n) is 9.16. The molecule has 15 heavy (non-hydrogen) atoms. The molecule has 0 spiro atoms. The van der Waals surface area contributed by atoms with Crippen LogP contribution in [-0.2, 0) is 4.79 Å². The Hall–Kier alpha value is -1.64. The molecule has 1 aromatic rings. The second-order valence-electron chi connectivity index (χ2n) is 3.31. The Morgan fingerprint density at radius 3 is 2.53 bits per heavy atom. The molecule has 0 aromatic heterocycles. The van der Waals surface area contributed by atoms with Crippen molar-refractivity contribution in [3.8, 4) is 5.75 Å². The van der Waals surface area contributed by atoms with Crippen molar-refractivity contribution in [3.63, 3.8) is 0 Å². The van der Waals surface area contributed by atoms with E-state index in [0.717, 1.165) is 5.56 Å². The molecule has 0 amide bonds. The minimum absolute atomic E-state index is 0.218. The molecule has 0 fully saturated rings. The maximum atomic E-state index is 11.7. The zero-order valence-corrected chi connectivity index (χ0v) is 9.16. The van der Waals surface area contributed by atoms with E-state index in [2.05, 4.69) is 0 Å². The Bertz CT molecular complexity index is 394. The molecule has 3 nitrogen and oxygen atoms in total. The fourth-order valence-corrected chi connectivity index (χ4v) is 1.31. The quantitative estimate of drug-likeness (QED) is 0.560. The summed E-state index contributed by atoms with van der Waals surface area (Å²) >= 11 is 0. The number of ether oxygens (including phenoxy) is 1. The van der Waals surface area contributed by atoms with E-state index in [4.69, 9.17) is 4.74 Å². The van der Waals surface area contributed by atoms with Crippen molar-refractivity contribution in [2.24, 2.45) is 0 Å². The number of rotatable bonds is 4. The molecule has 3 heteroatoms. The first-order valence-electron chi connectivity index (χ1n) is 4.82. The number of methoxy groups -OCH3 is 1. The third-order valence-electron chi connectivity index (χ3n) is 2.17. The first-order valence-corrected chi connectivity index (χ1v) is 4.82. The molecule has 1 rings (SSSR count). The van der Waals surface area contributed by atoms with Crippen LogP contribution < -0.4 is 4.74 Å². The van der Waals surface area contributed by atoms with E-state index < -0.39 is 5.78 Å². The van der Waals surface area contributed by atoms with Crippen LogP contribution in [0.3, 0.4) is 0 Å². The van der Waals surface area contributed by atoms with Gasteiger partial charge in [-0.15, -0.1) is 0 Å². The highest BCUT2D eigenvalue weighted by Gasteiger charge is 2.18. The van der Waals surface area contributed by atoms with E-state index in [1.54, 1.807) is 19.1 Å². The maximum Gasteiger partial charge on any atom is 0.232 e. The van der Waals surface area contributed by atoms with Crippen molar-refractivity contribution in [2.45, 2.75) is 20.3 Å². The highest BCUT2D eigenvalue weighted by atomic mass is 16.5. The van der Waals surface area contributed by atoms with Crippen molar-refractivity contribution in [1.82, 2.24) is 0 Å². The number of hydrogen-bond acceptors (Lipinski definition) is 3. The average molecular weight is 206 g/mol. The zero-order chi connectivity index (χ0) is 11.4. The highest BCUT2D eigenvalue weighted by molar-refractivity contribution is 6.44. The summed E-state index contributed by atoms with van der Waals surface area (Å²) in [5.74, 6) is -0.413. The molecule has 1 aromatic carbocycles. The molecule has 80 valence electrons.